The lowest BCUT2D eigenvalue weighted by Gasteiger charge is -2.21. The number of rotatable bonds is 4. The molecule has 0 saturated heterocycles. The number of ketones is 1. The van der Waals surface area contributed by atoms with E-state index in [-0.39, 0.29) is 23.5 Å². The lowest BCUT2D eigenvalue weighted by atomic mass is 9.92. The number of hydrogen-bond acceptors (Lipinski definition) is 3. The van der Waals surface area contributed by atoms with E-state index >= 15 is 0 Å². The monoisotopic (exact) mass is 408 g/mol. The molecule has 7 heteroatoms. The molecule has 0 unspecified atom stereocenters. The van der Waals surface area contributed by atoms with Crippen LogP contribution >= 0.6 is 0 Å². The van der Waals surface area contributed by atoms with Gasteiger partial charge in [-0.25, -0.2) is 8.78 Å². The van der Waals surface area contributed by atoms with E-state index < -0.39 is 23.1 Å². The maximum absolute atomic E-state index is 13.8. The fourth-order valence-corrected chi connectivity index (χ4v) is 3.63. The zero-order chi connectivity index (χ0) is 21.3. The minimum absolute atomic E-state index is 0.105. The van der Waals surface area contributed by atoms with Gasteiger partial charge in [-0.05, 0) is 49.2 Å². The standard InChI is InChI=1S/C23H18F2N2O3/c24-15-8-10-16(11-9-15)27-20-6-3-7-21(28)17(20)12-18(23(27)30)22(29)26-13-14-4-1-2-5-19(14)25/h1-2,4-5,8-12H,3,6-7,13H2,(H,26,29). The Morgan fingerprint density at radius 1 is 1.00 bits per heavy atom. The van der Waals surface area contributed by atoms with Crippen LogP contribution in [0.2, 0.25) is 0 Å². The molecule has 1 amide bonds. The summed E-state index contributed by atoms with van der Waals surface area (Å²) in [6, 6.07) is 12.6. The van der Waals surface area contributed by atoms with Gasteiger partial charge in [0.05, 0.1) is 0 Å². The molecular formula is C23H18F2N2O3. The van der Waals surface area contributed by atoms with Crippen LogP contribution in [0.15, 0.2) is 59.4 Å². The number of fused-ring (bicyclic) bond motifs is 1. The van der Waals surface area contributed by atoms with E-state index in [0.717, 1.165) is 0 Å². The van der Waals surface area contributed by atoms with Crippen molar-refractivity contribution in [2.75, 3.05) is 0 Å². The van der Waals surface area contributed by atoms with Crippen molar-refractivity contribution in [1.29, 1.82) is 0 Å². The van der Waals surface area contributed by atoms with E-state index in [0.29, 0.717) is 36.2 Å². The van der Waals surface area contributed by atoms with Crippen molar-refractivity contribution in [2.45, 2.75) is 25.8 Å². The van der Waals surface area contributed by atoms with Gasteiger partial charge in [-0.2, -0.15) is 0 Å². The summed E-state index contributed by atoms with van der Waals surface area (Å²) in [6.45, 7) is -0.105. The lowest BCUT2D eigenvalue weighted by molar-refractivity contribution is 0.0948. The number of benzene rings is 2. The van der Waals surface area contributed by atoms with Crippen LogP contribution in [-0.2, 0) is 13.0 Å². The van der Waals surface area contributed by atoms with Crippen molar-refractivity contribution in [3.05, 3.63) is 99.0 Å². The highest BCUT2D eigenvalue weighted by Crippen LogP contribution is 2.23. The molecule has 0 radical (unpaired) electrons. The topological polar surface area (TPSA) is 68.2 Å². The van der Waals surface area contributed by atoms with Crippen molar-refractivity contribution in [3.63, 3.8) is 0 Å². The van der Waals surface area contributed by atoms with Gasteiger partial charge in [-0.1, -0.05) is 18.2 Å². The Labute approximate surface area is 171 Å². The molecule has 152 valence electrons. The Hall–Kier alpha value is -3.61. The molecule has 5 nitrogen and oxygen atoms in total. The Kier molecular flexibility index (Phi) is 5.27. The van der Waals surface area contributed by atoms with Crippen LogP contribution in [0.4, 0.5) is 8.78 Å². The van der Waals surface area contributed by atoms with Crippen molar-refractivity contribution in [1.82, 2.24) is 9.88 Å². The van der Waals surface area contributed by atoms with Crippen molar-refractivity contribution in [3.8, 4) is 5.69 Å². The number of halogens is 2. The maximum Gasteiger partial charge on any atom is 0.268 e. The lowest BCUT2D eigenvalue weighted by Crippen LogP contribution is -2.36. The first-order valence-corrected chi connectivity index (χ1v) is 9.55. The number of carbonyl (C=O) groups is 2. The number of Topliss-reactive ketones (excluding diaryl/α,β-unsaturated/α-hetero) is 1. The van der Waals surface area contributed by atoms with Gasteiger partial charge in [-0.3, -0.25) is 19.0 Å². The normalized spacial score (nSPS) is 13.1. The molecule has 0 aliphatic heterocycles. The van der Waals surface area contributed by atoms with E-state index in [1.54, 1.807) is 6.07 Å². The molecule has 0 atom stereocenters. The second-order valence-electron chi connectivity index (χ2n) is 7.09. The molecule has 1 N–H and O–H groups in total. The van der Waals surface area contributed by atoms with Crippen LogP contribution in [0.5, 0.6) is 0 Å². The van der Waals surface area contributed by atoms with Crippen molar-refractivity contribution in [2.24, 2.45) is 0 Å². The Bertz CT molecular complexity index is 1200. The summed E-state index contributed by atoms with van der Waals surface area (Å²) in [7, 11) is 0. The molecule has 0 fully saturated rings. The number of aromatic nitrogens is 1. The summed E-state index contributed by atoms with van der Waals surface area (Å²) in [6.07, 6.45) is 1.40. The zero-order valence-electron chi connectivity index (χ0n) is 16.0. The van der Waals surface area contributed by atoms with Crippen LogP contribution in [0.25, 0.3) is 5.69 Å². The number of carbonyl (C=O) groups excluding carboxylic acids is 2. The molecule has 4 rings (SSSR count). The Balaban J connectivity index is 1.77. The van der Waals surface area contributed by atoms with Crippen LogP contribution < -0.4 is 10.9 Å². The summed E-state index contributed by atoms with van der Waals surface area (Å²) in [4.78, 5) is 38.4. The van der Waals surface area contributed by atoms with Gasteiger partial charge in [0.15, 0.2) is 5.78 Å². The smallest absolute Gasteiger partial charge is 0.268 e. The van der Waals surface area contributed by atoms with Gasteiger partial charge in [0.2, 0.25) is 0 Å². The minimum atomic E-state index is -0.708. The van der Waals surface area contributed by atoms with E-state index in [1.807, 2.05) is 0 Å². The predicted octanol–water partition coefficient (Wildman–Crippen LogP) is 3.56. The number of nitrogens with zero attached hydrogens (tertiary/aromatic N) is 1. The molecule has 1 heterocycles. The number of amides is 1. The SMILES string of the molecule is O=C1CCCc2c1cc(C(=O)NCc1ccccc1F)c(=O)n2-c1ccc(F)cc1. The largest absolute Gasteiger partial charge is 0.348 e. The summed E-state index contributed by atoms with van der Waals surface area (Å²) >= 11 is 0. The molecule has 1 aliphatic carbocycles. The Morgan fingerprint density at radius 2 is 1.73 bits per heavy atom. The molecule has 2 aromatic carbocycles. The summed E-state index contributed by atoms with van der Waals surface area (Å²) < 4.78 is 28.5. The van der Waals surface area contributed by atoms with Crippen LogP contribution in [0.3, 0.4) is 0 Å². The molecule has 1 aromatic heterocycles. The zero-order valence-corrected chi connectivity index (χ0v) is 16.0. The summed E-state index contributed by atoms with van der Waals surface area (Å²) in [5, 5.41) is 2.54. The average Bonchev–Trinajstić information content (AvgIpc) is 2.74. The van der Waals surface area contributed by atoms with Gasteiger partial charge in [-0.15, -0.1) is 0 Å². The first-order valence-electron chi connectivity index (χ1n) is 9.55. The highest BCUT2D eigenvalue weighted by Gasteiger charge is 2.26. The second kappa shape index (κ2) is 8.02. The molecule has 0 spiro atoms. The van der Waals surface area contributed by atoms with Gasteiger partial charge >= 0.3 is 0 Å². The maximum atomic E-state index is 13.8. The van der Waals surface area contributed by atoms with Gasteiger partial charge in [0.25, 0.3) is 11.5 Å². The molecular weight excluding hydrogens is 390 g/mol. The van der Waals surface area contributed by atoms with Crippen LogP contribution in [0.1, 0.15) is 44.8 Å². The van der Waals surface area contributed by atoms with E-state index in [2.05, 4.69) is 5.32 Å². The number of nitrogens with one attached hydrogen (secondary N) is 1. The predicted molar refractivity (Wildman–Crippen MR) is 107 cm³/mol. The van der Waals surface area contributed by atoms with Crippen LogP contribution in [-0.4, -0.2) is 16.3 Å². The summed E-state index contributed by atoms with van der Waals surface area (Å²) in [5.74, 6) is -1.80. The third-order valence-electron chi connectivity index (χ3n) is 5.15. The van der Waals surface area contributed by atoms with Crippen LogP contribution in [0, 0.1) is 11.6 Å². The second-order valence-corrected chi connectivity index (χ2v) is 7.09. The quantitative estimate of drug-likeness (QED) is 0.718. The Morgan fingerprint density at radius 3 is 2.47 bits per heavy atom. The molecule has 3 aromatic rings. The van der Waals surface area contributed by atoms with Gasteiger partial charge in [0, 0.05) is 35.5 Å². The summed E-state index contributed by atoms with van der Waals surface area (Å²) in [5.41, 5.74) is 0.635. The molecule has 0 saturated carbocycles. The average molecular weight is 408 g/mol. The van der Waals surface area contributed by atoms with E-state index in [9.17, 15) is 23.2 Å². The first kappa shape index (κ1) is 19.7. The molecule has 30 heavy (non-hydrogen) atoms. The number of hydrogen-bond donors (Lipinski definition) is 1. The third-order valence-corrected chi connectivity index (χ3v) is 5.15. The highest BCUT2D eigenvalue weighted by atomic mass is 19.1. The van der Waals surface area contributed by atoms with Gasteiger partial charge < -0.3 is 5.32 Å². The van der Waals surface area contributed by atoms with E-state index in [1.165, 1.54) is 53.1 Å². The highest BCUT2D eigenvalue weighted by molar-refractivity contribution is 6.01. The van der Waals surface area contributed by atoms with Crippen molar-refractivity contribution < 1.29 is 18.4 Å². The minimum Gasteiger partial charge on any atom is -0.348 e. The number of pyridine rings is 1. The van der Waals surface area contributed by atoms with Crippen molar-refractivity contribution >= 4 is 11.7 Å². The molecule has 1 aliphatic rings. The molecule has 0 bridgehead atoms. The fourth-order valence-electron chi connectivity index (χ4n) is 3.63. The van der Waals surface area contributed by atoms with E-state index in [4.69, 9.17) is 0 Å². The van der Waals surface area contributed by atoms with Gasteiger partial charge in [0.1, 0.15) is 17.2 Å². The fraction of sp³-hybridized carbons (Fsp3) is 0.174. The third kappa shape index (κ3) is 3.66. The first-order chi connectivity index (χ1) is 14.5.